The summed E-state index contributed by atoms with van der Waals surface area (Å²) >= 11 is 0. The van der Waals surface area contributed by atoms with E-state index in [1.807, 2.05) is 52.0 Å². The number of hydrogen-bond acceptors (Lipinski definition) is 5. The number of nitrogens with zero attached hydrogens (tertiary/aromatic N) is 1. The predicted molar refractivity (Wildman–Crippen MR) is 222 cm³/mol. The lowest BCUT2D eigenvalue weighted by molar-refractivity contribution is 0.0863. The molecule has 0 spiro atoms. The van der Waals surface area contributed by atoms with Gasteiger partial charge in [-0.1, -0.05) is 128 Å². The van der Waals surface area contributed by atoms with Crippen LogP contribution in [0.5, 0.6) is 5.75 Å². The van der Waals surface area contributed by atoms with E-state index in [1.54, 1.807) is 7.11 Å². The monoisotopic (exact) mass is 723 g/mol. The fraction of sp³-hybridized carbons (Fsp3) is 0.523. The highest BCUT2D eigenvalue weighted by molar-refractivity contribution is 7.90. The minimum Gasteiger partial charge on any atom is -0.496 e. The molecule has 0 saturated heterocycles. The summed E-state index contributed by atoms with van der Waals surface area (Å²) in [6, 6.07) is 24.9. The smallest absolute Gasteiger partial charge is 0.214 e. The van der Waals surface area contributed by atoms with E-state index in [-0.39, 0.29) is 24.8 Å². The number of hydrogen-bond donors (Lipinski definition) is 1. The van der Waals surface area contributed by atoms with Crippen molar-refractivity contribution in [3.63, 3.8) is 0 Å². The van der Waals surface area contributed by atoms with Gasteiger partial charge in [-0.25, -0.2) is 13.1 Å². The fourth-order valence-electron chi connectivity index (χ4n) is 4.41. The van der Waals surface area contributed by atoms with Gasteiger partial charge in [0, 0.05) is 17.2 Å². The Kier molecular flexibility index (Phi) is 21.6. The third-order valence-corrected chi connectivity index (χ3v) is 10.4. The van der Waals surface area contributed by atoms with Gasteiger partial charge in [-0.3, -0.25) is 0 Å². The summed E-state index contributed by atoms with van der Waals surface area (Å²) in [6.45, 7) is 29.4. The number of fused-ring (bicyclic) bond motifs is 3. The molecule has 0 heterocycles. The Morgan fingerprint density at radius 1 is 0.784 bits per heavy atom. The summed E-state index contributed by atoms with van der Waals surface area (Å²) in [4.78, 5) is 5.43. The minimum absolute atomic E-state index is 0. The van der Waals surface area contributed by atoms with Crippen molar-refractivity contribution in [2.45, 2.75) is 127 Å². The zero-order valence-electron chi connectivity index (χ0n) is 33.0. The van der Waals surface area contributed by atoms with Crippen molar-refractivity contribution in [1.82, 2.24) is 4.72 Å². The van der Waals surface area contributed by atoms with Crippen LogP contribution in [0.4, 0.5) is 0 Å². The first-order valence-electron chi connectivity index (χ1n) is 18.0. The molecule has 0 aromatic heterocycles. The third-order valence-electron chi connectivity index (χ3n) is 8.29. The molecule has 0 aliphatic heterocycles. The number of methoxy groups -OCH3 is 1. The molecule has 0 bridgehead atoms. The molecule has 1 fully saturated rings. The molecule has 0 amide bonds. The molecule has 3 aromatic rings. The van der Waals surface area contributed by atoms with E-state index < -0.39 is 10.0 Å². The van der Waals surface area contributed by atoms with Crippen molar-refractivity contribution in [3.8, 4) is 16.9 Å². The second kappa shape index (κ2) is 23.2. The zero-order valence-corrected chi connectivity index (χ0v) is 33.9. The summed E-state index contributed by atoms with van der Waals surface area (Å²) in [7, 11) is -1.21. The number of ether oxygens (including phenoxy) is 1. The van der Waals surface area contributed by atoms with Crippen molar-refractivity contribution in [3.05, 3.63) is 103 Å². The van der Waals surface area contributed by atoms with Crippen LogP contribution in [-0.2, 0) is 21.3 Å². The molecule has 0 radical (unpaired) electrons. The zero-order chi connectivity index (χ0) is 38.1. The van der Waals surface area contributed by atoms with Gasteiger partial charge in [0.1, 0.15) is 17.6 Å². The third kappa shape index (κ3) is 17.1. The Labute approximate surface area is 313 Å². The summed E-state index contributed by atoms with van der Waals surface area (Å²) in [5.74, 6) is 2.57. The van der Waals surface area contributed by atoms with E-state index >= 15 is 0 Å². The van der Waals surface area contributed by atoms with E-state index in [4.69, 9.17) is 9.57 Å². The maximum atomic E-state index is 11.1. The Bertz CT molecular complexity index is 1500. The molecular formula is C44H70N2O4S. The largest absolute Gasteiger partial charge is 0.496 e. The maximum Gasteiger partial charge on any atom is 0.214 e. The van der Waals surface area contributed by atoms with Crippen molar-refractivity contribution < 1.29 is 18.0 Å². The van der Waals surface area contributed by atoms with Crippen LogP contribution in [0.2, 0.25) is 0 Å². The van der Waals surface area contributed by atoms with E-state index in [1.165, 1.54) is 23.1 Å². The first kappa shape index (κ1) is 47.6. The molecule has 286 valence electrons. The topological polar surface area (TPSA) is 77.0 Å². The molecule has 5 rings (SSSR count). The highest BCUT2D eigenvalue weighted by Gasteiger charge is 2.35. The van der Waals surface area contributed by atoms with Crippen molar-refractivity contribution in [2.24, 2.45) is 22.4 Å². The van der Waals surface area contributed by atoms with Gasteiger partial charge in [0.25, 0.3) is 0 Å². The molecule has 3 aromatic carbocycles. The summed E-state index contributed by atoms with van der Waals surface area (Å²) in [5.41, 5.74) is 7.53. The lowest BCUT2D eigenvalue weighted by Gasteiger charge is -2.22. The average Bonchev–Trinajstić information content (AvgIpc) is 3.88. The van der Waals surface area contributed by atoms with Crippen LogP contribution < -0.4 is 9.46 Å². The molecule has 1 saturated carbocycles. The van der Waals surface area contributed by atoms with E-state index in [0.717, 1.165) is 53.7 Å². The lowest BCUT2D eigenvalue weighted by atomic mass is 9.84. The summed E-state index contributed by atoms with van der Waals surface area (Å²) in [5, 5.41) is 4.23. The standard InChI is InChI=1S/C16H15NO.C12H18O.C7H16.C6H13NO2S.C2H4.CH4/c1-11(2)18-17-16-14-9-5-3-7-12(14)13-8-4-6-10-15(13)16;1-10(2)8-9-11-6-4-5-7-12(11)13-3;1-6(2)7(3,4)5;1-5(2)7-10(8,9)6-3-4-6;1-2;/h3-11H,1-2H3;4-7,10H,8-9H2,1-3H3;6H,1-5H3;5-7H,3-4H2,1-2H3;1-2H2;1H4. The van der Waals surface area contributed by atoms with Gasteiger partial charge in [-0.2, -0.15) is 0 Å². The Morgan fingerprint density at radius 2 is 1.22 bits per heavy atom. The molecule has 51 heavy (non-hydrogen) atoms. The van der Waals surface area contributed by atoms with Crippen molar-refractivity contribution >= 4 is 15.7 Å². The van der Waals surface area contributed by atoms with Crippen LogP contribution in [0.25, 0.3) is 11.1 Å². The van der Waals surface area contributed by atoms with Crippen LogP contribution >= 0.6 is 0 Å². The molecular weight excluding hydrogens is 653 g/mol. The molecule has 7 heteroatoms. The predicted octanol–water partition coefficient (Wildman–Crippen LogP) is 11.7. The van der Waals surface area contributed by atoms with Gasteiger partial charge >= 0.3 is 0 Å². The van der Waals surface area contributed by atoms with Crippen LogP contribution in [0.3, 0.4) is 0 Å². The number of rotatable bonds is 9. The van der Waals surface area contributed by atoms with E-state index in [2.05, 4.69) is 120 Å². The molecule has 0 atom stereocenters. The Morgan fingerprint density at radius 3 is 1.59 bits per heavy atom. The van der Waals surface area contributed by atoms with Crippen molar-refractivity contribution in [2.75, 3.05) is 7.11 Å². The highest BCUT2D eigenvalue weighted by atomic mass is 32.2. The van der Waals surface area contributed by atoms with Crippen LogP contribution in [0.1, 0.15) is 120 Å². The second-order valence-corrected chi connectivity index (χ2v) is 17.0. The van der Waals surface area contributed by atoms with Gasteiger partial charge in [0.2, 0.25) is 10.0 Å². The molecule has 1 N–H and O–H groups in total. The van der Waals surface area contributed by atoms with E-state index in [0.29, 0.717) is 5.41 Å². The van der Waals surface area contributed by atoms with Gasteiger partial charge in [-0.05, 0) is 93.4 Å². The number of sulfonamides is 1. The van der Waals surface area contributed by atoms with Crippen LogP contribution in [-0.4, -0.2) is 38.6 Å². The van der Waals surface area contributed by atoms with Crippen LogP contribution in [0.15, 0.2) is 91.1 Å². The molecule has 2 aliphatic rings. The summed E-state index contributed by atoms with van der Waals surface area (Å²) in [6.07, 6.45) is 4.10. The van der Waals surface area contributed by atoms with Gasteiger partial charge in [0.15, 0.2) is 0 Å². The highest BCUT2D eigenvalue weighted by Crippen LogP contribution is 2.36. The van der Waals surface area contributed by atoms with E-state index in [9.17, 15) is 8.42 Å². The van der Waals surface area contributed by atoms with Gasteiger partial charge < -0.3 is 9.57 Å². The SMILES string of the molecule is C.C=C.CC(C)C(C)(C)C.CC(C)NS(=O)(=O)C1CC1.CC(C)ON=C1c2ccccc2-c2ccccc21.COc1ccccc1CCC(C)C. The number of aryl methyl sites for hydroxylation is 1. The number of benzene rings is 3. The van der Waals surface area contributed by atoms with Gasteiger partial charge in [0.05, 0.1) is 12.4 Å². The second-order valence-electron chi connectivity index (χ2n) is 15.0. The van der Waals surface area contributed by atoms with Crippen LogP contribution in [0, 0.1) is 17.3 Å². The van der Waals surface area contributed by atoms with Gasteiger partial charge in [-0.15, -0.1) is 13.2 Å². The number of oxime groups is 1. The summed E-state index contributed by atoms with van der Waals surface area (Å²) < 4.78 is 30.0. The quantitative estimate of drug-likeness (QED) is 0.138. The Hall–Kier alpha value is -3.42. The number of nitrogens with one attached hydrogen (secondary N) is 1. The number of para-hydroxylation sites is 1. The average molecular weight is 723 g/mol. The normalized spacial score (nSPS) is 12.7. The van der Waals surface area contributed by atoms with Crippen molar-refractivity contribution in [1.29, 1.82) is 0 Å². The fourth-order valence-corrected chi connectivity index (χ4v) is 6.01. The molecule has 6 nitrogen and oxygen atoms in total. The first-order chi connectivity index (χ1) is 23.5. The first-order valence-corrected chi connectivity index (χ1v) is 19.6. The Balaban J connectivity index is 0.000000674. The lowest BCUT2D eigenvalue weighted by Crippen LogP contribution is -2.32. The maximum absolute atomic E-state index is 11.1. The molecule has 2 aliphatic carbocycles. The minimum atomic E-state index is -2.94. The molecule has 0 unspecified atom stereocenters.